The number of hydrogen-bond donors (Lipinski definition) is 1. The van der Waals surface area contributed by atoms with E-state index in [1.54, 1.807) is 7.11 Å². The molecule has 0 bridgehead atoms. The van der Waals surface area contributed by atoms with Crippen molar-refractivity contribution in [2.75, 3.05) is 12.4 Å². The van der Waals surface area contributed by atoms with Crippen LogP contribution in [0.3, 0.4) is 0 Å². The molecule has 7 heteroatoms. The molecular formula is C30H33N3O4. The predicted octanol–water partition coefficient (Wildman–Crippen LogP) is 6.88. The summed E-state index contributed by atoms with van der Waals surface area (Å²) < 4.78 is 17.2. The zero-order chi connectivity index (χ0) is 26.0. The summed E-state index contributed by atoms with van der Waals surface area (Å²) in [6.07, 6.45) is 4.78. The van der Waals surface area contributed by atoms with Gasteiger partial charge in [0.15, 0.2) is 0 Å². The first-order valence-electron chi connectivity index (χ1n) is 12.8. The van der Waals surface area contributed by atoms with Gasteiger partial charge in [-0.2, -0.15) is 0 Å². The van der Waals surface area contributed by atoms with Gasteiger partial charge in [0, 0.05) is 23.6 Å². The first-order chi connectivity index (χ1) is 17.8. The molecule has 0 amide bonds. The van der Waals surface area contributed by atoms with Crippen LogP contribution in [0.2, 0.25) is 0 Å². The number of carbonyl (C=O) groups is 1. The maximum atomic E-state index is 12.4. The van der Waals surface area contributed by atoms with Crippen LogP contribution in [0.4, 0.5) is 5.82 Å². The summed E-state index contributed by atoms with van der Waals surface area (Å²) in [4.78, 5) is 21.5. The van der Waals surface area contributed by atoms with Crippen LogP contribution in [0.25, 0.3) is 33.6 Å². The van der Waals surface area contributed by atoms with Gasteiger partial charge in [-0.3, -0.25) is 4.79 Å². The number of hydrogen-bond acceptors (Lipinski definition) is 7. The Labute approximate surface area is 217 Å². The van der Waals surface area contributed by atoms with Gasteiger partial charge in [-0.15, -0.1) is 0 Å². The first-order valence-corrected chi connectivity index (χ1v) is 12.8. The summed E-state index contributed by atoms with van der Waals surface area (Å²) in [6.45, 7) is 5.71. The van der Waals surface area contributed by atoms with E-state index in [1.165, 1.54) is 6.33 Å². The molecule has 1 aliphatic rings. The number of furan rings is 1. The molecule has 1 aliphatic carbocycles. The van der Waals surface area contributed by atoms with Crippen LogP contribution in [-0.4, -0.2) is 34.7 Å². The molecule has 2 aromatic carbocycles. The lowest BCUT2D eigenvalue weighted by atomic mass is 9.99. The van der Waals surface area contributed by atoms with E-state index in [2.05, 4.69) is 15.3 Å². The number of ether oxygens (including phenoxy) is 2. The van der Waals surface area contributed by atoms with Gasteiger partial charge >= 0.3 is 5.97 Å². The maximum Gasteiger partial charge on any atom is 0.306 e. The second-order valence-electron chi connectivity index (χ2n) is 10.6. The zero-order valence-corrected chi connectivity index (χ0v) is 21.8. The van der Waals surface area contributed by atoms with E-state index in [0.29, 0.717) is 12.1 Å². The van der Waals surface area contributed by atoms with Crippen molar-refractivity contribution < 1.29 is 18.7 Å². The summed E-state index contributed by atoms with van der Waals surface area (Å²) in [7, 11) is 1.66. The normalized spacial score (nSPS) is 17.6. The molecular weight excluding hydrogens is 466 g/mol. The van der Waals surface area contributed by atoms with E-state index < -0.39 is 5.60 Å². The second kappa shape index (κ2) is 10.2. The van der Waals surface area contributed by atoms with Gasteiger partial charge in [0.1, 0.15) is 29.3 Å². The minimum absolute atomic E-state index is 0.133. The SMILES string of the molecule is COc1ccc(-c2c(-c3ccccc3)oc3ncnc(NC4CCC(CC(=O)OC(C)(C)C)C4)c23)cc1. The molecule has 0 aliphatic heterocycles. The Kier molecular flexibility index (Phi) is 6.87. The van der Waals surface area contributed by atoms with Crippen molar-refractivity contribution in [2.24, 2.45) is 5.92 Å². The van der Waals surface area contributed by atoms with Crippen LogP contribution in [0.1, 0.15) is 46.5 Å². The summed E-state index contributed by atoms with van der Waals surface area (Å²) >= 11 is 0. The summed E-state index contributed by atoms with van der Waals surface area (Å²) in [5.41, 5.74) is 2.97. The number of fused-ring (bicyclic) bond motifs is 1. The molecule has 2 aromatic heterocycles. The molecule has 2 unspecified atom stereocenters. The van der Waals surface area contributed by atoms with Crippen LogP contribution in [0, 0.1) is 5.92 Å². The monoisotopic (exact) mass is 499 g/mol. The largest absolute Gasteiger partial charge is 0.497 e. The average Bonchev–Trinajstić information content (AvgIpc) is 3.48. The highest BCUT2D eigenvalue weighted by atomic mass is 16.6. The number of nitrogens with zero attached hydrogens (tertiary/aromatic N) is 2. The van der Waals surface area contributed by atoms with Gasteiger partial charge in [-0.1, -0.05) is 42.5 Å². The predicted molar refractivity (Wildman–Crippen MR) is 144 cm³/mol. The highest BCUT2D eigenvalue weighted by Gasteiger charge is 2.30. The lowest BCUT2D eigenvalue weighted by molar-refractivity contribution is -0.155. The minimum Gasteiger partial charge on any atom is -0.497 e. The standard InChI is InChI=1S/C30H33N3O4/c1-30(2,3)37-24(34)17-19-10-13-22(16-19)33-28-26-25(20-11-14-23(35-4)15-12-20)27(21-8-6-5-7-9-21)36-29(26)32-18-31-28/h5-9,11-12,14-15,18-19,22H,10,13,16-17H2,1-4H3,(H,31,32,33). The molecule has 192 valence electrons. The van der Waals surface area contributed by atoms with Crippen LogP contribution in [-0.2, 0) is 9.53 Å². The fourth-order valence-electron chi connectivity index (χ4n) is 5.07. The molecule has 0 spiro atoms. The number of anilines is 1. The molecule has 0 saturated heterocycles. The Morgan fingerprint density at radius 3 is 2.49 bits per heavy atom. The Bertz CT molecular complexity index is 1370. The van der Waals surface area contributed by atoms with Crippen molar-refractivity contribution in [1.82, 2.24) is 9.97 Å². The Morgan fingerprint density at radius 1 is 1.03 bits per heavy atom. The van der Waals surface area contributed by atoms with E-state index in [-0.39, 0.29) is 17.9 Å². The number of nitrogens with one attached hydrogen (secondary N) is 1. The molecule has 2 atom stereocenters. The number of benzene rings is 2. The van der Waals surface area contributed by atoms with Crippen molar-refractivity contribution >= 4 is 22.9 Å². The Hall–Kier alpha value is -3.87. The average molecular weight is 500 g/mol. The van der Waals surface area contributed by atoms with Crippen molar-refractivity contribution in [1.29, 1.82) is 0 Å². The molecule has 2 heterocycles. The lowest BCUT2D eigenvalue weighted by Crippen LogP contribution is -2.25. The van der Waals surface area contributed by atoms with Crippen molar-refractivity contribution in [3.05, 3.63) is 60.9 Å². The summed E-state index contributed by atoms with van der Waals surface area (Å²) in [5.74, 6) is 2.43. The minimum atomic E-state index is -0.463. The fraction of sp³-hybridized carbons (Fsp3) is 0.367. The van der Waals surface area contributed by atoms with E-state index in [4.69, 9.17) is 13.9 Å². The zero-order valence-electron chi connectivity index (χ0n) is 21.8. The molecule has 5 rings (SSSR count). The Balaban J connectivity index is 1.47. The van der Waals surface area contributed by atoms with Gasteiger partial charge in [-0.25, -0.2) is 9.97 Å². The summed E-state index contributed by atoms with van der Waals surface area (Å²) in [5, 5.41) is 4.49. The van der Waals surface area contributed by atoms with Crippen LogP contribution in [0.5, 0.6) is 5.75 Å². The van der Waals surface area contributed by atoms with E-state index in [0.717, 1.165) is 58.7 Å². The number of methoxy groups -OCH3 is 1. The smallest absolute Gasteiger partial charge is 0.306 e. The van der Waals surface area contributed by atoms with Crippen molar-refractivity contribution in [2.45, 2.75) is 58.1 Å². The van der Waals surface area contributed by atoms with Gasteiger partial charge < -0.3 is 19.2 Å². The quantitative estimate of drug-likeness (QED) is 0.277. The number of carbonyl (C=O) groups excluding carboxylic acids is 1. The molecule has 1 N–H and O–H groups in total. The first kappa shape index (κ1) is 24.8. The molecule has 0 radical (unpaired) electrons. The van der Waals surface area contributed by atoms with Gasteiger partial charge in [0.25, 0.3) is 0 Å². The second-order valence-corrected chi connectivity index (χ2v) is 10.6. The number of rotatable bonds is 7. The third kappa shape index (κ3) is 5.61. The maximum absolute atomic E-state index is 12.4. The van der Waals surface area contributed by atoms with Crippen LogP contribution >= 0.6 is 0 Å². The van der Waals surface area contributed by atoms with E-state index in [9.17, 15) is 4.79 Å². The van der Waals surface area contributed by atoms with Gasteiger partial charge in [0.05, 0.1) is 12.5 Å². The van der Waals surface area contributed by atoms with E-state index >= 15 is 0 Å². The molecule has 4 aromatic rings. The third-order valence-corrected chi connectivity index (χ3v) is 6.66. The molecule has 7 nitrogen and oxygen atoms in total. The van der Waals surface area contributed by atoms with E-state index in [1.807, 2.05) is 75.4 Å². The number of esters is 1. The van der Waals surface area contributed by atoms with Gasteiger partial charge in [-0.05, 0) is 63.6 Å². The molecule has 1 fully saturated rings. The molecule has 37 heavy (non-hydrogen) atoms. The van der Waals surface area contributed by atoms with Crippen LogP contribution in [0.15, 0.2) is 65.3 Å². The lowest BCUT2D eigenvalue weighted by Gasteiger charge is -2.21. The van der Waals surface area contributed by atoms with Crippen molar-refractivity contribution in [3.8, 4) is 28.2 Å². The highest BCUT2D eigenvalue weighted by molar-refractivity contribution is 6.05. The number of aromatic nitrogens is 2. The van der Waals surface area contributed by atoms with Crippen molar-refractivity contribution in [3.63, 3.8) is 0 Å². The fourth-order valence-corrected chi connectivity index (χ4v) is 5.07. The molecule has 1 saturated carbocycles. The summed E-state index contributed by atoms with van der Waals surface area (Å²) in [6, 6.07) is 18.2. The van der Waals surface area contributed by atoms with Gasteiger partial charge in [0.2, 0.25) is 5.71 Å². The van der Waals surface area contributed by atoms with Crippen LogP contribution < -0.4 is 10.1 Å². The Morgan fingerprint density at radius 2 is 1.78 bits per heavy atom. The third-order valence-electron chi connectivity index (χ3n) is 6.66. The topological polar surface area (TPSA) is 86.5 Å². The highest BCUT2D eigenvalue weighted by Crippen LogP contribution is 2.43.